The van der Waals surface area contributed by atoms with Crippen LogP contribution in [0, 0.1) is 0 Å². The molecule has 0 atom stereocenters. The van der Waals surface area contributed by atoms with Crippen LogP contribution >= 0.6 is 23.2 Å². The predicted octanol–water partition coefficient (Wildman–Crippen LogP) is 3.51. The van der Waals surface area contributed by atoms with Crippen molar-refractivity contribution in [3.8, 4) is 5.69 Å². The van der Waals surface area contributed by atoms with Crippen molar-refractivity contribution in [3.05, 3.63) is 75.3 Å². The summed E-state index contributed by atoms with van der Waals surface area (Å²) in [4.78, 5) is 30.1. The number of amides is 2. The number of aromatic nitrogens is 3. The number of carbonyl (C=O) groups excluding carboxylic acids is 2. The zero-order valence-corrected chi connectivity index (χ0v) is 17.4. The third-order valence-electron chi connectivity index (χ3n) is 4.31. The highest BCUT2D eigenvalue weighted by atomic mass is 35.5. The number of nitrogens with two attached hydrogens (primary N) is 1. The van der Waals surface area contributed by atoms with Crippen molar-refractivity contribution in [2.75, 3.05) is 7.05 Å². The molecule has 150 valence electrons. The van der Waals surface area contributed by atoms with Crippen LogP contribution in [-0.4, -0.2) is 38.5 Å². The maximum absolute atomic E-state index is 12.9. The summed E-state index contributed by atoms with van der Waals surface area (Å²) in [6.07, 6.45) is 0.534. The van der Waals surface area contributed by atoms with Gasteiger partial charge >= 0.3 is 0 Å². The van der Waals surface area contributed by atoms with Gasteiger partial charge in [-0.2, -0.15) is 0 Å². The second-order valence-electron chi connectivity index (χ2n) is 6.41. The number of hydrogen-bond acceptors (Lipinski definition) is 4. The van der Waals surface area contributed by atoms with Gasteiger partial charge in [0.25, 0.3) is 5.91 Å². The summed E-state index contributed by atoms with van der Waals surface area (Å²) in [5.74, 6) is -0.296. The monoisotopic (exact) mass is 431 g/mol. The molecule has 0 aliphatic carbocycles. The van der Waals surface area contributed by atoms with Gasteiger partial charge in [-0.25, -0.2) is 9.67 Å². The molecule has 0 saturated carbocycles. The van der Waals surface area contributed by atoms with Crippen molar-refractivity contribution in [2.24, 2.45) is 5.73 Å². The first-order valence-corrected chi connectivity index (χ1v) is 9.62. The van der Waals surface area contributed by atoms with Gasteiger partial charge in [0, 0.05) is 25.6 Å². The van der Waals surface area contributed by atoms with Gasteiger partial charge in [-0.3, -0.25) is 9.59 Å². The highest BCUT2D eigenvalue weighted by molar-refractivity contribution is 6.37. The predicted molar refractivity (Wildman–Crippen MR) is 112 cm³/mol. The van der Waals surface area contributed by atoms with E-state index in [1.54, 1.807) is 43.4 Å². The van der Waals surface area contributed by atoms with E-state index in [4.69, 9.17) is 28.9 Å². The fraction of sp³-hybridized carbons (Fsp3) is 0.200. The molecule has 0 saturated heterocycles. The topological polar surface area (TPSA) is 94.1 Å². The van der Waals surface area contributed by atoms with Crippen LogP contribution in [0.3, 0.4) is 0 Å². The van der Waals surface area contributed by atoms with E-state index < -0.39 is 5.91 Å². The van der Waals surface area contributed by atoms with Crippen molar-refractivity contribution in [1.29, 1.82) is 0 Å². The lowest BCUT2D eigenvalue weighted by Gasteiger charge is -2.15. The molecule has 0 unspecified atom stereocenters. The lowest BCUT2D eigenvalue weighted by molar-refractivity contribution is 0.0773. The molecule has 0 fully saturated rings. The summed E-state index contributed by atoms with van der Waals surface area (Å²) >= 11 is 12.6. The fourth-order valence-corrected chi connectivity index (χ4v) is 3.43. The molecular formula is C20H19Cl2N5O2. The molecule has 0 spiro atoms. The van der Waals surface area contributed by atoms with Crippen molar-refractivity contribution in [3.63, 3.8) is 0 Å². The third kappa shape index (κ3) is 4.41. The molecule has 2 aromatic carbocycles. The van der Waals surface area contributed by atoms with Crippen molar-refractivity contribution in [1.82, 2.24) is 19.7 Å². The zero-order chi connectivity index (χ0) is 21.1. The summed E-state index contributed by atoms with van der Waals surface area (Å²) in [7, 11) is 1.63. The largest absolute Gasteiger partial charge is 0.366 e. The second kappa shape index (κ2) is 8.63. The number of nitrogens with zero attached hydrogens (tertiary/aromatic N) is 4. The maximum atomic E-state index is 12.9. The van der Waals surface area contributed by atoms with Gasteiger partial charge in [0.15, 0.2) is 0 Å². The van der Waals surface area contributed by atoms with Crippen LogP contribution in [0.15, 0.2) is 42.5 Å². The smallest absolute Gasteiger partial charge is 0.293 e. The molecule has 9 heteroatoms. The average Bonchev–Trinajstić information content (AvgIpc) is 3.11. The maximum Gasteiger partial charge on any atom is 0.293 e. The van der Waals surface area contributed by atoms with Gasteiger partial charge in [0.05, 0.1) is 10.0 Å². The van der Waals surface area contributed by atoms with E-state index in [-0.39, 0.29) is 18.3 Å². The van der Waals surface area contributed by atoms with Gasteiger partial charge < -0.3 is 10.6 Å². The van der Waals surface area contributed by atoms with Gasteiger partial charge in [-0.1, -0.05) is 48.3 Å². The van der Waals surface area contributed by atoms with E-state index in [2.05, 4.69) is 10.1 Å². The molecule has 1 heterocycles. The van der Waals surface area contributed by atoms with Gasteiger partial charge in [-0.05, 0) is 29.8 Å². The Bertz CT molecular complexity index is 1060. The number of benzene rings is 2. The summed E-state index contributed by atoms with van der Waals surface area (Å²) in [6, 6.07) is 11.9. The first kappa shape index (κ1) is 20.8. The van der Waals surface area contributed by atoms with E-state index in [1.165, 1.54) is 9.58 Å². The number of hydrogen-bond donors (Lipinski definition) is 1. The molecule has 2 N–H and O–H groups in total. The molecule has 29 heavy (non-hydrogen) atoms. The van der Waals surface area contributed by atoms with Crippen LogP contribution in [0.25, 0.3) is 5.69 Å². The van der Waals surface area contributed by atoms with E-state index in [9.17, 15) is 9.59 Å². The highest BCUT2D eigenvalue weighted by Gasteiger charge is 2.22. The summed E-state index contributed by atoms with van der Waals surface area (Å²) in [6.45, 7) is 2.17. The Labute approximate surface area is 178 Å². The Morgan fingerprint density at radius 3 is 2.41 bits per heavy atom. The molecule has 0 aliphatic heterocycles. The highest BCUT2D eigenvalue weighted by Crippen LogP contribution is 2.29. The van der Waals surface area contributed by atoms with Crippen LogP contribution < -0.4 is 5.73 Å². The number of carbonyl (C=O) groups is 2. The molecule has 0 bridgehead atoms. The molecule has 3 aromatic rings. The normalized spacial score (nSPS) is 10.8. The minimum absolute atomic E-state index is 0.0337. The lowest BCUT2D eigenvalue weighted by atomic mass is 10.1. The van der Waals surface area contributed by atoms with Crippen LogP contribution in [0.2, 0.25) is 10.0 Å². The Morgan fingerprint density at radius 1 is 1.14 bits per heavy atom. The Morgan fingerprint density at radius 2 is 1.79 bits per heavy atom. The standard InChI is InChI=1S/C20H19Cl2N5O2/c1-3-16-24-19(25-27(16)17-14(21)8-5-9-15(17)22)20(29)26(2)11-12-6-4-7-13(10-12)18(23)28/h4-10H,3,11H2,1-2H3,(H2,23,28). The quantitative estimate of drug-likeness (QED) is 0.645. The molecule has 3 rings (SSSR count). The van der Waals surface area contributed by atoms with Gasteiger partial charge in [0.1, 0.15) is 11.5 Å². The third-order valence-corrected chi connectivity index (χ3v) is 4.92. The minimum atomic E-state index is -0.523. The SMILES string of the molecule is CCc1nc(C(=O)N(C)Cc2cccc(C(N)=O)c2)nn1-c1c(Cl)cccc1Cl. The Hall–Kier alpha value is -2.90. The van der Waals surface area contributed by atoms with Crippen LogP contribution in [-0.2, 0) is 13.0 Å². The number of para-hydroxylation sites is 1. The summed E-state index contributed by atoms with van der Waals surface area (Å²) in [5, 5.41) is 5.17. The van der Waals surface area contributed by atoms with Crippen molar-refractivity contribution in [2.45, 2.75) is 19.9 Å². The van der Waals surface area contributed by atoms with Crippen LogP contribution in [0.1, 0.15) is 39.3 Å². The number of halogens is 2. The molecule has 0 aliphatic rings. The molecule has 1 aromatic heterocycles. The Kier molecular flexibility index (Phi) is 6.20. The summed E-state index contributed by atoms with van der Waals surface area (Å²) < 4.78 is 1.50. The summed E-state index contributed by atoms with van der Waals surface area (Å²) in [5.41, 5.74) is 6.94. The molecule has 0 radical (unpaired) electrons. The number of aryl methyl sites for hydroxylation is 1. The van der Waals surface area contributed by atoms with Crippen molar-refractivity contribution < 1.29 is 9.59 Å². The number of rotatable bonds is 6. The molecular weight excluding hydrogens is 413 g/mol. The van der Waals surface area contributed by atoms with Crippen molar-refractivity contribution >= 4 is 35.0 Å². The minimum Gasteiger partial charge on any atom is -0.366 e. The Balaban J connectivity index is 1.89. The number of primary amides is 1. The first-order valence-electron chi connectivity index (χ1n) is 8.86. The van der Waals surface area contributed by atoms with Crippen LogP contribution in [0.4, 0.5) is 0 Å². The average molecular weight is 432 g/mol. The van der Waals surface area contributed by atoms with E-state index in [0.29, 0.717) is 33.5 Å². The zero-order valence-electron chi connectivity index (χ0n) is 15.9. The van der Waals surface area contributed by atoms with Gasteiger partial charge in [-0.15, -0.1) is 5.10 Å². The van der Waals surface area contributed by atoms with Gasteiger partial charge in [0.2, 0.25) is 11.7 Å². The van der Waals surface area contributed by atoms with E-state index >= 15 is 0 Å². The lowest BCUT2D eigenvalue weighted by Crippen LogP contribution is -2.27. The molecule has 2 amide bonds. The molecule has 7 nitrogen and oxygen atoms in total. The first-order chi connectivity index (χ1) is 13.8. The van der Waals surface area contributed by atoms with E-state index in [1.807, 2.05) is 13.0 Å². The van der Waals surface area contributed by atoms with E-state index in [0.717, 1.165) is 5.56 Å². The van der Waals surface area contributed by atoms with Crippen LogP contribution in [0.5, 0.6) is 0 Å². The second-order valence-corrected chi connectivity index (χ2v) is 7.23. The fourth-order valence-electron chi connectivity index (χ4n) is 2.87.